The molecular formula is C22H18ClN7. The van der Waals surface area contributed by atoms with E-state index in [-0.39, 0.29) is 0 Å². The first-order valence-electron chi connectivity index (χ1n) is 9.23. The second-order valence-corrected chi connectivity index (χ2v) is 6.63. The van der Waals surface area contributed by atoms with Crippen molar-refractivity contribution in [3.8, 4) is 5.69 Å². The van der Waals surface area contributed by atoms with Crippen LogP contribution < -0.4 is 5.43 Å². The number of nitrogens with zero attached hydrogens (tertiary/aromatic N) is 6. The van der Waals surface area contributed by atoms with Crippen LogP contribution in [0.1, 0.15) is 17.0 Å². The SMILES string of the molecule is Cc1nn(-c2ccccc2)c(Cl)c1/C=N/N/C(=N/c1ccccn1)c1ccccn1. The zero-order chi connectivity index (χ0) is 20.8. The lowest BCUT2D eigenvalue weighted by Crippen LogP contribution is -2.20. The minimum Gasteiger partial charge on any atom is -0.259 e. The van der Waals surface area contributed by atoms with Crippen molar-refractivity contribution in [2.45, 2.75) is 6.92 Å². The summed E-state index contributed by atoms with van der Waals surface area (Å²) in [5.74, 6) is 1.02. The number of halogens is 1. The number of nitrogens with one attached hydrogen (secondary N) is 1. The molecule has 7 nitrogen and oxygen atoms in total. The van der Waals surface area contributed by atoms with E-state index in [4.69, 9.17) is 11.6 Å². The molecule has 0 atom stereocenters. The van der Waals surface area contributed by atoms with E-state index in [1.165, 1.54) is 0 Å². The number of hydrogen-bond donors (Lipinski definition) is 1. The van der Waals surface area contributed by atoms with Crippen molar-refractivity contribution in [2.24, 2.45) is 10.1 Å². The first kappa shape index (κ1) is 19.5. The van der Waals surface area contributed by atoms with Crippen LogP contribution in [0.15, 0.2) is 89.2 Å². The summed E-state index contributed by atoms with van der Waals surface area (Å²) in [6, 6.07) is 20.8. The van der Waals surface area contributed by atoms with Crippen LogP contribution in [-0.4, -0.2) is 31.8 Å². The van der Waals surface area contributed by atoms with Crippen molar-refractivity contribution >= 4 is 29.5 Å². The van der Waals surface area contributed by atoms with Crippen LogP contribution in [0.3, 0.4) is 0 Å². The third kappa shape index (κ3) is 4.42. The molecular weight excluding hydrogens is 398 g/mol. The molecule has 0 fully saturated rings. The fraction of sp³-hybridized carbons (Fsp3) is 0.0455. The molecule has 0 aliphatic carbocycles. The predicted molar refractivity (Wildman–Crippen MR) is 119 cm³/mol. The molecule has 0 saturated carbocycles. The van der Waals surface area contributed by atoms with E-state index in [1.54, 1.807) is 29.4 Å². The molecule has 1 N–H and O–H groups in total. The Hall–Kier alpha value is -3.84. The Kier molecular flexibility index (Phi) is 5.91. The molecule has 0 saturated heterocycles. The topological polar surface area (TPSA) is 80.4 Å². The molecule has 0 unspecified atom stereocenters. The Morgan fingerprint density at radius 2 is 1.70 bits per heavy atom. The molecule has 30 heavy (non-hydrogen) atoms. The molecule has 0 amide bonds. The van der Waals surface area contributed by atoms with Gasteiger partial charge in [0.15, 0.2) is 11.7 Å². The number of aromatic nitrogens is 4. The number of pyridine rings is 2. The van der Waals surface area contributed by atoms with Gasteiger partial charge in [-0.1, -0.05) is 41.9 Å². The van der Waals surface area contributed by atoms with Crippen LogP contribution in [0, 0.1) is 6.92 Å². The van der Waals surface area contributed by atoms with Crippen LogP contribution in [0.25, 0.3) is 5.69 Å². The monoisotopic (exact) mass is 415 g/mol. The molecule has 0 aliphatic heterocycles. The summed E-state index contributed by atoms with van der Waals surface area (Å²) >= 11 is 6.56. The summed E-state index contributed by atoms with van der Waals surface area (Å²) in [6.07, 6.45) is 5.00. The Labute approximate surface area is 178 Å². The number of aliphatic imine (C=N–C) groups is 1. The summed E-state index contributed by atoms with van der Waals surface area (Å²) in [7, 11) is 0. The number of hydrogen-bond acceptors (Lipinski definition) is 5. The van der Waals surface area contributed by atoms with Gasteiger partial charge >= 0.3 is 0 Å². The van der Waals surface area contributed by atoms with Gasteiger partial charge in [-0.2, -0.15) is 10.2 Å². The van der Waals surface area contributed by atoms with Crippen LogP contribution in [0.4, 0.5) is 5.82 Å². The van der Waals surface area contributed by atoms with Crippen molar-refractivity contribution in [1.29, 1.82) is 0 Å². The van der Waals surface area contributed by atoms with Gasteiger partial charge < -0.3 is 0 Å². The van der Waals surface area contributed by atoms with Gasteiger partial charge in [-0.05, 0) is 43.3 Å². The van der Waals surface area contributed by atoms with Gasteiger partial charge in [-0.15, -0.1) is 0 Å². The lowest BCUT2D eigenvalue weighted by atomic mass is 10.3. The summed E-state index contributed by atoms with van der Waals surface area (Å²) in [4.78, 5) is 13.1. The summed E-state index contributed by atoms with van der Waals surface area (Å²) in [5, 5.41) is 9.33. The highest BCUT2D eigenvalue weighted by Gasteiger charge is 2.13. The standard InChI is InChI=1S/C22H18ClN7/c1-16-18(21(23)30(29-16)17-9-3-2-4-10-17)15-26-28-22(19-11-5-7-13-24-19)27-20-12-6-8-14-25-20/h2-15H,1H3,(H,25,27,28)/b26-15+. The lowest BCUT2D eigenvalue weighted by molar-refractivity contribution is 0.863. The second kappa shape index (κ2) is 9.11. The third-order valence-corrected chi connectivity index (χ3v) is 4.56. The Balaban J connectivity index is 1.62. The highest BCUT2D eigenvalue weighted by atomic mass is 35.5. The van der Waals surface area contributed by atoms with Crippen molar-refractivity contribution in [1.82, 2.24) is 25.2 Å². The molecule has 4 aromatic rings. The van der Waals surface area contributed by atoms with Crippen LogP contribution >= 0.6 is 11.6 Å². The van der Waals surface area contributed by atoms with Gasteiger partial charge in [0, 0.05) is 12.4 Å². The second-order valence-electron chi connectivity index (χ2n) is 6.27. The zero-order valence-corrected chi connectivity index (χ0v) is 16.9. The van der Waals surface area contributed by atoms with Crippen LogP contribution in [-0.2, 0) is 0 Å². The minimum atomic E-state index is 0.467. The number of rotatable bonds is 5. The maximum absolute atomic E-state index is 6.56. The average molecular weight is 416 g/mol. The molecule has 3 aromatic heterocycles. The Bertz CT molecular complexity index is 1170. The van der Waals surface area contributed by atoms with E-state index in [0.717, 1.165) is 11.4 Å². The predicted octanol–water partition coefficient (Wildman–Crippen LogP) is 4.33. The van der Waals surface area contributed by atoms with E-state index in [1.807, 2.05) is 67.6 Å². The molecule has 148 valence electrons. The zero-order valence-electron chi connectivity index (χ0n) is 16.1. The average Bonchev–Trinajstić information content (AvgIpc) is 3.08. The number of benzene rings is 1. The van der Waals surface area contributed by atoms with E-state index >= 15 is 0 Å². The quantitative estimate of drug-likeness (QED) is 0.299. The van der Waals surface area contributed by atoms with Crippen molar-refractivity contribution < 1.29 is 0 Å². The summed E-state index contributed by atoms with van der Waals surface area (Å²) in [5.41, 5.74) is 5.95. The maximum atomic E-state index is 6.56. The van der Waals surface area contributed by atoms with Crippen molar-refractivity contribution in [3.05, 3.63) is 101 Å². The fourth-order valence-electron chi connectivity index (χ4n) is 2.73. The van der Waals surface area contributed by atoms with Gasteiger partial charge in [-0.25, -0.2) is 14.7 Å². The van der Waals surface area contributed by atoms with Crippen molar-refractivity contribution in [3.63, 3.8) is 0 Å². The number of para-hydroxylation sites is 1. The van der Waals surface area contributed by atoms with E-state index < -0.39 is 0 Å². The maximum Gasteiger partial charge on any atom is 0.174 e. The summed E-state index contributed by atoms with van der Waals surface area (Å²) < 4.78 is 1.68. The Morgan fingerprint density at radius 1 is 0.967 bits per heavy atom. The van der Waals surface area contributed by atoms with Gasteiger partial charge in [0.2, 0.25) is 0 Å². The first-order chi connectivity index (χ1) is 14.7. The molecule has 8 heteroatoms. The fourth-order valence-corrected chi connectivity index (χ4v) is 3.05. The minimum absolute atomic E-state index is 0.467. The number of hydrazone groups is 1. The molecule has 0 bridgehead atoms. The van der Waals surface area contributed by atoms with E-state index in [2.05, 4.69) is 30.6 Å². The van der Waals surface area contributed by atoms with Crippen molar-refractivity contribution in [2.75, 3.05) is 0 Å². The molecule has 4 rings (SSSR count). The smallest absolute Gasteiger partial charge is 0.174 e. The highest BCUT2D eigenvalue weighted by molar-refractivity contribution is 6.32. The van der Waals surface area contributed by atoms with Gasteiger partial charge in [-0.3, -0.25) is 10.4 Å². The largest absolute Gasteiger partial charge is 0.259 e. The van der Waals surface area contributed by atoms with Crippen LogP contribution in [0.2, 0.25) is 5.15 Å². The lowest BCUT2D eigenvalue weighted by Gasteiger charge is -2.05. The normalized spacial score (nSPS) is 11.7. The van der Waals surface area contributed by atoms with Gasteiger partial charge in [0.1, 0.15) is 10.8 Å². The van der Waals surface area contributed by atoms with Crippen LogP contribution in [0.5, 0.6) is 0 Å². The number of aryl methyl sites for hydroxylation is 1. The van der Waals surface area contributed by atoms with E-state index in [0.29, 0.717) is 28.1 Å². The number of amidine groups is 1. The first-order valence-corrected chi connectivity index (χ1v) is 9.61. The highest BCUT2D eigenvalue weighted by Crippen LogP contribution is 2.21. The molecule has 0 spiro atoms. The molecule has 0 radical (unpaired) electrons. The van der Waals surface area contributed by atoms with Gasteiger partial charge in [0.05, 0.1) is 23.2 Å². The molecule has 3 heterocycles. The Morgan fingerprint density at radius 3 is 2.40 bits per heavy atom. The summed E-state index contributed by atoms with van der Waals surface area (Å²) in [6.45, 7) is 1.88. The molecule has 1 aromatic carbocycles. The van der Waals surface area contributed by atoms with E-state index in [9.17, 15) is 0 Å². The third-order valence-electron chi connectivity index (χ3n) is 4.20. The molecule has 0 aliphatic rings. The van der Waals surface area contributed by atoms with Gasteiger partial charge in [0.25, 0.3) is 0 Å².